The number of amides is 4. The van der Waals surface area contributed by atoms with E-state index < -0.39 is 17.8 Å². The van der Waals surface area contributed by atoms with E-state index in [4.69, 9.17) is 0 Å². The summed E-state index contributed by atoms with van der Waals surface area (Å²) in [5.74, 6) is 1.58. The highest BCUT2D eigenvalue weighted by Gasteiger charge is 2.20. The van der Waals surface area contributed by atoms with Gasteiger partial charge in [0.15, 0.2) is 0 Å². The molecule has 0 spiro atoms. The Labute approximate surface area is 301 Å². The molecule has 0 bridgehead atoms. The van der Waals surface area contributed by atoms with E-state index in [-0.39, 0.29) is 34.9 Å². The van der Waals surface area contributed by atoms with Crippen molar-refractivity contribution in [1.82, 2.24) is 16.0 Å². The van der Waals surface area contributed by atoms with E-state index in [0.29, 0.717) is 17.1 Å². The quantitative estimate of drug-likeness (QED) is 0.129. The molecule has 4 aromatic rings. The molecule has 7 N–H and O–H groups in total. The average molecular weight is 697 g/mol. The highest BCUT2D eigenvalue weighted by Crippen LogP contribution is 2.23. The van der Waals surface area contributed by atoms with Gasteiger partial charge in [0.2, 0.25) is 0 Å². The molecule has 7 rings (SSSR count). The number of anilines is 4. The maximum Gasteiger partial charge on any atom is 0.323 e. The van der Waals surface area contributed by atoms with Crippen LogP contribution in [0.1, 0.15) is 58.2 Å². The van der Waals surface area contributed by atoms with Crippen molar-refractivity contribution in [3.05, 3.63) is 119 Å². The molecular formula is C39H40N10O3. The van der Waals surface area contributed by atoms with Crippen LogP contribution in [0.2, 0.25) is 0 Å². The monoisotopic (exact) mass is 696 g/mol. The van der Waals surface area contributed by atoms with Gasteiger partial charge in [-0.2, -0.15) is 0 Å². The van der Waals surface area contributed by atoms with Crippen LogP contribution in [0.4, 0.5) is 27.5 Å². The van der Waals surface area contributed by atoms with Crippen LogP contribution in [0.15, 0.2) is 106 Å². The number of aliphatic imine (C=N–C) groups is 3. The summed E-state index contributed by atoms with van der Waals surface area (Å²) >= 11 is 0. The predicted octanol–water partition coefficient (Wildman–Crippen LogP) is 5.05. The average Bonchev–Trinajstić information content (AvgIpc) is 3.90. The Morgan fingerprint density at radius 3 is 1.33 bits per heavy atom. The number of nitrogens with zero attached hydrogens (tertiary/aromatic N) is 3. The van der Waals surface area contributed by atoms with Crippen LogP contribution >= 0.6 is 0 Å². The summed E-state index contributed by atoms with van der Waals surface area (Å²) in [7, 11) is 0. The molecular weight excluding hydrogens is 656 g/mol. The van der Waals surface area contributed by atoms with Gasteiger partial charge >= 0.3 is 6.03 Å². The lowest BCUT2D eigenvalue weighted by atomic mass is 10.1. The van der Waals surface area contributed by atoms with Gasteiger partial charge in [-0.05, 0) is 112 Å². The third-order valence-electron chi connectivity index (χ3n) is 8.77. The number of urea groups is 1. The molecule has 4 aromatic carbocycles. The number of carbonyl (C=O) groups is 3. The Morgan fingerprint density at radius 2 is 0.923 bits per heavy atom. The molecule has 0 aliphatic carbocycles. The van der Waals surface area contributed by atoms with Crippen LogP contribution in [-0.2, 0) is 0 Å². The first-order valence-corrected chi connectivity index (χ1v) is 17.3. The Morgan fingerprint density at radius 1 is 0.519 bits per heavy atom. The van der Waals surface area contributed by atoms with Crippen molar-refractivity contribution in [2.75, 3.05) is 40.9 Å². The number of nitrogens with one attached hydrogen (secondary N) is 7. The Balaban J connectivity index is 1.08. The zero-order chi connectivity index (χ0) is 36.2. The fourth-order valence-electron chi connectivity index (χ4n) is 6.01. The van der Waals surface area contributed by atoms with Crippen LogP contribution in [0, 0.1) is 0 Å². The maximum absolute atomic E-state index is 13.6. The second-order valence-corrected chi connectivity index (χ2v) is 13.1. The fourth-order valence-corrected chi connectivity index (χ4v) is 6.01. The molecule has 0 fully saturated rings. The molecule has 0 aromatic heterocycles. The molecule has 4 amide bonds. The Bertz CT molecular complexity index is 2090. The zero-order valence-electron chi connectivity index (χ0n) is 29.1. The Hall–Kier alpha value is -6.50. The molecule has 3 heterocycles. The minimum absolute atomic E-state index is 0.155. The van der Waals surface area contributed by atoms with Crippen molar-refractivity contribution in [3.63, 3.8) is 0 Å². The van der Waals surface area contributed by atoms with Crippen LogP contribution in [0.25, 0.3) is 0 Å². The summed E-state index contributed by atoms with van der Waals surface area (Å²) < 4.78 is 0. The first-order chi connectivity index (χ1) is 25.2. The smallest absolute Gasteiger partial charge is 0.323 e. The number of carbonyl (C=O) groups excluding carboxylic acids is 3. The summed E-state index contributed by atoms with van der Waals surface area (Å²) in [6.07, 6.45) is 0. The number of benzene rings is 4. The third-order valence-corrected chi connectivity index (χ3v) is 8.77. The van der Waals surface area contributed by atoms with Crippen LogP contribution in [0.3, 0.4) is 0 Å². The van der Waals surface area contributed by atoms with Gasteiger partial charge in [0.1, 0.15) is 17.5 Å². The van der Waals surface area contributed by atoms with Crippen molar-refractivity contribution in [3.8, 4) is 0 Å². The fraction of sp³-hybridized carbons (Fsp3) is 0.231. The highest BCUT2D eigenvalue weighted by molar-refractivity contribution is 6.14. The van der Waals surface area contributed by atoms with Gasteiger partial charge in [0.25, 0.3) is 11.8 Å². The molecule has 3 atom stereocenters. The van der Waals surface area contributed by atoms with Crippen molar-refractivity contribution >= 4 is 58.1 Å². The molecule has 13 heteroatoms. The standard InChI is InChI=1S/C39H40N10O3/c1-22-19-40-34(43-22)25-4-11-29(12-5-25)46-37(50)28-10-17-32(38(51)47-30-13-6-26(7-14-30)35-41-20-23(2)44-35)33(18-28)49-39(52)48-31-15-8-27(9-16-31)36-42-21-24(3)45-36/h4-18,22-24H,19-21H2,1-3H3,(H,40,43)(H,41,44)(H,42,45)(H,46,50)(H,47,51)(H2,48,49,52). The van der Waals surface area contributed by atoms with Crippen molar-refractivity contribution in [2.24, 2.45) is 15.0 Å². The van der Waals surface area contributed by atoms with E-state index >= 15 is 0 Å². The first-order valence-electron chi connectivity index (χ1n) is 17.3. The van der Waals surface area contributed by atoms with Gasteiger partial charge in [0.05, 0.1) is 29.4 Å². The van der Waals surface area contributed by atoms with Gasteiger partial charge in [-0.15, -0.1) is 0 Å². The van der Waals surface area contributed by atoms with Crippen LogP contribution in [0.5, 0.6) is 0 Å². The van der Waals surface area contributed by atoms with Crippen molar-refractivity contribution in [1.29, 1.82) is 0 Å². The molecule has 3 aliphatic heterocycles. The summed E-state index contributed by atoms with van der Waals surface area (Å²) in [6.45, 7) is 8.47. The van der Waals surface area contributed by atoms with E-state index in [1.54, 1.807) is 42.5 Å². The lowest BCUT2D eigenvalue weighted by Crippen LogP contribution is -2.24. The zero-order valence-corrected chi connectivity index (χ0v) is 29.1. The van der Waals surface area contributed by atoms with Crippen molar-refractivity contribution in [2.45, 2.75) is 38.9 Å². The van der Waals surface area contributed by atoms with Crippen LogP contribution in [-0.4, -0.2) is 73.1 Å². The molecule has 0 radical (unpaired) electrons. The van der Waals surface area contributed by atoms with E-state index in [1.165, 1.54) is 12.1 Å². The third kappa shape index (κ3) is 7.94. The summed E-state index contributed by atoms with van der Waals surface area (Å²) in [4.78, 5) is 54.1. The largest absolute Gasteiger partial charge is 0.368 e. The summed E-state index contributed by atoms with van der Waals surface area (Å²) in [5, 5.41) is 21.2. The number of hydrogen-bond acceptors (Lipinski definition) is 9. The minimum Gasteiger partial charge on any atom is -0.368 e. The Kier molecular flexibility index (Phi) is 9.65. The SMILES string of the molecule is CC1CNC(c2ccc(NC(=O)Nc3cc(C(=O)Nc4ccc(C5=NC(C)CN5)cc4)ccc3C(=O)Nc3ccc(C4=NC(C)CN4)cc3)cc2)=N1. The molecule has 52 heavy (non-hydrogen) atoms. The van der Waals surface area contributed by atoms with E-state index in [1.807, 2.05) is 57.2 Å². The van der Waals surface area contributed by atoms with Gasteiger partial charge in [0, 0.05) is 59.0 Å². The normalized spacial score (nSPS) is 18.9. The molecule has 0 saturated carbocycles. The second kappa shape index (κ2) is 14.8. The molecule has 264 valence electrons. The number of amidine groups is 3. The van der Waals surface area contributed by atoms with Gasteiger partial charge in [-0.3, -0.25) is 24.6 Å². The van der Waals surface area contributed by atoms with Crippen LogP contribution < -0.4 is 37.2 Å². The minimum atomic E-state index is -0.582. The number of hydrogen-bond donors (Lipinski definition) is 7. The second-order valence-electron chi connectivity index (χ2n) is 13.1. The number of rotatable bonds is 9. The van der Waals surface area contributed by atoms with Gasteiger partial charge < -0.3 is 37.2 Å². The van der Waals surface area contributed by atoms with E-state index in [0.717, 1.165) is 53.8 Å². The van der Waals surface area contributed by atoms with Crippen molar-refractivity contribution < 1.29 is 14.4 Å². The van der Waals surface area contributed by atoms with E-state index in [9.17, 15) is 14.4 Å². The summed E-state index contributed by atoms with van der Waals surface area (Å²) in [5.41, 5.74) is 5.02. The molecule has 3 aliphatic rings. The molecule has 3 unspecified atom stereocenters. The molecule has 13 nitrogen and oxygen atoms in total. The lowest BCUT2D eigenvalue weighted by Gasteiger charge is -2.15. The summed E-state index contributed by atoms with van der Waals surface area (Å²) in [6, 6.07) is 26.6. The topological polar surface area (TPSA) is 172 Å². The molecule has 0 saturated heterocycles. The van der Waals surface area contributed by atoms with E-state index in [2.05, 4.69) is 52.2 Å². The first kappa shape index (κ1) is 34.0. The predicted molar refractivity (Wildman–Crippen MR) is 206 cm³/mol. The van der Waals surface area contributed by atoms with Gasteiger partial charge in [-0.25, -0.2) is 4.79 Å². The highest BCUT2D eigenvalue weighted by atomic mass is 16.2. The lowest BCUT2D eigenvalue weighted by molar-refractivity contribution is 0.101. The van der Waals surface area contributed by atoms with Gasteiger partial charge in [-0.1, -0.05) is 0 Å². The maximum atomic E-state index is 13.6.